The fraction of sp³-hybridized carbons (Fsp3) is 0.667. The fourth-order valence-electron chi connectivity index (χ4n) is 3.52. The third-order valence-electron chi connectivity index (χ3n) is 4.87. The number of imidazole rings is 1. The van der Waals surface area contributed by atoms with Crippen molar-refractivity contribution in [3.63, 3.8) is 0 Å². The van der Waals surface area contributed by atoms with Gasteiger partial charge in [0.15, 0.2) is 29.3 Å². The van der Waals surface area contributed by atoms with Crippen LogP contribution >= 0.6 is 0 Å². The molecule has 0 amide bonds. The van der Waals surface area contributed by atoms with E-state index in [1.807, 2.05) is 0 Å². The van der Waals surface area contributed by atoms with Crippen LogP contribution in [0.5, 0.6) is 6.01 Å². The molecule has 4 N–H and O–H groups in total. The lowest BCUT2D eigenvalue weighted by atomic mass is 10.1. The molecule has 4 atom stereocenters. The zero-order chi connectivity index (χ0) is 18.3. The number of anilines is 1. The van der Waals surface area contributed by atoms with Crippen molar-refractivity contribution in [2.45, 2.75) is 56.3 Å². The summed E-state index contributed by atoms with van der Waals surface area (Å²) in [5.74, 6) is 0.131. The van der Waals surface area contributed by atoms with Crippen LogP contribution in [0.25, 0.3) is 11.2 Å². The van der Waals surface area contributed by atoms with Gasteiger partial charge in [-0.15, -0.1) is 0 Å². The summed E-state index contributed by atoms with van der Waals surface area (Å²) < 4.78 is 25.4. The van der Waals surface area contributed by atoms with Crippen LogP contribution in [0.2, 0.25) is 0 Å². The number of nitrogens with zero attached hydrogens (tertiary/aromatic N) is 4. The normalized spacial score (nSPS) is 29.7. The highest BCUT2D eigenvalue weighted by molar-refractivity contribution is 5.82. The Bertz CT molecular complexity index is 783. The maximum atomic E-state index is 12.7. The van der Waals surface area contributed by atoms with Crippen LogP contribution in [0, 0.1) is 0 Å². The molecule has 2 fully saturated rings. The van der Waals surface area contributed by atoms with Crippen molar-refractivity contribution in [2.24, 2.45) is 0 Å². The van der Waals surface area contributed by atoms with E-state index in [1.165, 1.54) is 10.9 Å². The van der Waals surface area contributed by atoms with Crippen LogP contribution in [-0.2, 0) is 9.68 Å². The molecule has 2 aromatic heterocycles. The maximum Gasteiger partial charge on any atom is 0.320 e. The van der Waals surface area contributed by atoms with E-state index in [4.69, 9.17) is 15.2 Å². The molecule has 142 valence electrons. The summed E-state index contributed by atoms with van der Waals surface area (Å²) >= 11 is 0. The number of aliphatic hydroxyl groups is 2. The highest BCUT2D eigenvalue weighted by Gasteiger charge is 2.47. The summed E-state index contributed by atoms with van der Waals surface area (Å²) in [5, 5.41) is 19.6. The number of halogens is 1. The van der Waals surface area contributed by atoms with Gasteiger partial charge in [-0.2, -0.15) is 14.9 Å². The molecule has 1 saturated carbocycles. The van der Waals surface area contributed by atoms with Crippen molar-refractivity contribution in [3.8, 4) is 6.01 Å². The van der Waals surface area contributed by atoms with E-state index in [9.17, 15) is 14.7 Å². The minimum absolute atomic E-state index is 0.0413. The number of nitrogen functional groups attached to an aromatic ring is 1. The Kier molecular flexibility index (Phi) is 4.61. The van der Waals surface area contributed by atoms with Gasteiger partial charge < -0.3 is 25.4 Å². The highest BCUT2D eigenvalue weighted by atomic mass is 19.3. The van der Waals surface area contributed by atoms with Gasteiger partial charge in [0, 0.05) is 0 Å². The summed E-state index contributed by atoms with van der Waals surface area (Å²) in [5.41, 5.74) is 6.54. The van der Waals surface area contributed by atoms with Crippen molar-refractivity contribution >= 4 is 17.0 Å². The second-order valence-corrected chi connectivity index (χ2v) is 6.53. The molecule has 0 aromatic carbocycles. The Hall–Kier alpha value is -2.08. The van der Waals surface area contributed by atoms with Gasteiger partial charge in [-0.25, -0.2) is 4.98 Å². The number of hydrogen-bond acceptors (Lipinski definition) is 9. The third kappa shape index (κ3) is 2.86. The molecule has 3 heterocycles. The first-order valence-electron chi connectivity index (χ1n) is 8.51. The summed E-state index contributed by atoms with van der Waals surface area (Å²) in [6.45, 7) is -0.512. The number of ether oxygens (including phenoxy) is 2. The summed E-state index contributed by atoms with van der Waals surface area (Å²) in [6.07, 6.45) is 0.679. The quantitative estimate of drug-likeness (QED) is 0.677. The summed E-state index contributed by atoms with van der Waals surface area (Å²) in [6, 6.07) is 0.119. The molecule has 11 heteroatoms. The van der Waals surface area contributed by atoms with Crippen molar-refractivity contribution in [1.29, 1.82) is 0 Å². The van der Waals surface area contributed by atoms with E-state index in [1.54, 1.807) is 0 Å². The van der Waals surface area contributed by atoms with Crippen LogP contribution in [0.1, 0.15) is 31.9 Å². The molecule has 2 aromatic rings. The second-order valence-electron chi connectivity index (χ2n) is 6.53. The number of aromatic nitrogens is 4. The Labute approximate surface area is 147 Å². The smallest absolute Gasteiger partial charge is 0.320 e. The Morgan fingerprint density at radius 2 is 2.12 bits per heavy atom. The van der Waals surface area contributed by atoms with Gasteiger partial charge in [0.05, 0.1) is 12.9 Å². The first-order valence-corrected chi connectivity index (χ1v) is 8.51. The average Bonchev–Trinajstić information content (AvgIpc) is 3.34. The van der Waals surface area contributed by atoms with Crippen molar-refractivity contribution < 1.29 is 29.2 Å². The molecule has 0 bridgehead atoms. The van der Waals surface area contributed by atoms with Crippen LogP contribution < -0.4 is 10.5 Å². The van der Waals surface area contributed by atoms with Crippen molar-refractivity contribution in [3.05, 3.63) is 6.33 Å². The molecule has 1 saturated heterocycles. The number of nitrogens with two attached hydrogens (primary N) is 1. The predicted molar refractivity (Wildman–Crippen MR) is 85.6 cm³/mol. The third-order valence-corrected chi connectivity index (χ3v) is 4.87. The van der Waals surface area contributed by atoms with Gasteiger partial charge >= 0.3 is 6.01 Å². The van der Waals surface area contributed by atoms with E-state index in [2.05, 4.69) is 19.9 Å². The summed E-state index contributed by atoms with van der Waals surface area (Å²) in [7, 11) is 0. The van der Waals surface area contributed by atoms with Gasteiger partial charge in [0.2, 0.25) is 0 Å². The molecule has 1 aliphatic carbocycles. The average molecular weight is 369 g/mol. The predicted octanol–water partition coefficient (Wildman–Crippen LogP) is 0.250. The van der Waals surface area contributed by atoms with Crippen LogP contribution in [0.4, 0.5) is 10.3 Å². The number of hydrogen-bond donors (Lipinski definition) is 3. The standard InChI is InChI=1S/C15H20FN5O5/c16-26-11-8(5-22)25-14(10(11)23)21-6-18-9-12(17)19-15(20-13(9)21)24-7-3-1-2-4-7/h6-8,10-11,14,22-23H,1-5H2,(H2,17,19,20)/t8-,10-,11+,14?/m1/s1. The van der Waals surface area contributed by atoms with Gasteiger partial charge in [-0.05, 0) is 30.2 Å². The topological polar surface area (TPSA) is 138 Å². The SMILES string of the molecule is Nc1nc(OC2CCCC2)nc2c1ncn2C1O[C@H](CO)[C@H](OF)[C@H]1O. The molecule has 26 heavy (non-hydrogen) atoms. The van der Waals surface area contributed by atoms with E-state index >= 15 is 0 Å². The fourth-order valence-corrected chi connectivity index (χ4v) is 3.52. The Morgan fingerprint density at radius 1 is 1.35 bits per heavy atom. The molecule has 10 nitrogen and oxygen atoms in total. The largest absolute Gasteiger partial charge is 0.460 e. The lowest BCUT2D eigenvalue weighted by molar-refractivity contribution is -0.214. The first-order chi connectivity index (χ1) is 12.6. The molecule has 2 aliphatic rings. The van der Waals surface area contributed by atoms with E-state index in [0.717, 1.165) is 25.7 Å². The molecule has 4 rings (SSSR count). The van der Waals surface area contributed by atoms with E-state index < -0.39 is 31.1 Å². The lowest BCUT2D eigenvalue weighted by Gasteiger charge is -2.17. The molecule has 1 aliphatic heterocycles. The first kappa shape index (κ1) is 17.3. The van der Waals surface area contributed by atoms with Crippen molar-refractivity contribution in [2.75, 3.05) is 12.3 Å². The highest BCUT2D eigenvalue weighted by Crippen LogP contribution is 2.34. The van der Waals surface area contributed by atoms with Crippen LogP contribution in [0.3, 0.4) is 0 Å². The molecular weight excluding hydrogens is 349 g/mol. The lowest BCUT2D eigenvalue weighted by Crippen LogP contribution is -2.34. The summed E-state index contributed by atoms with van der Waals surface area (Å²) in [4.78, 5) is 16.4. The second kappa shape index (κ2) is 6.91. The van der Waals surface area contributed by atoms with E-state index in [0.29, 0.717) is 5.52 Å². The van der Waals surface area contributed by atoms with Crippen LogP contribution in [-0.4, -0.2) is 60.8 Å². The maximum absolute atomic E-state index is 12.7. The zero-order valence-electron chi connectivity index (χ0n) is 13.9. The van der Waals surface area contributed by atoms with Gasteiger partial charge in [0.25, 0.3) is 0 Å². The van der Waals surface area contributed by atoms with Crippen LogP contribution in [0.15, 0.2) is 6.33 Å². The molecule has 0 spiro atoms. The minimum Gasteiger partial charge on any atom is -0.460 e. The van der Waals surface area contributed by atoms with Crippen molar-refractivity contribution in [1.82, 2.24) is 19.5 Å². The molecular formula is C15H20FN5O5. The molecule has 1 unspecified atom stereocenters. The number of aliphatic hydroxyl groups excluding tert-OH is 2. The minimum atomic E-state index is -1.37. The Morgan fingerprint density at radius 3 is 2.77 bits per heavy atom. The van der Waals surface area contributed by atoms with Gasteiger partial charge in [-0.3, -0.25) is 4.57 Å². The zero-order valence-corrected chi connectivity index (χ0v) is 13.9. The molecule has 0 radical (unpaired) electrons. The Balaban J connectivity index is 1.68. The number of fused-ring (bicyclic) bond motifs is 1. The monoisotopic (exact) mass is 369 g/mol. The number of rotatable bonds is 5. The van der Waals surface area contributed by atoms with Gasteiger partial charge in [-0.1, -0.05) is 0 Å². The van der Waals surface area contributed by atoms with Gasteiger partial charge in [0.1, 0.15) is 18.3 Å². The van der Waals surface area contributed by atoms with E-state index in [-0.39, 0.29) is 23.6 Å².